The summed E-state index contributed by atoms with van der Waals surface area (Å²) in [6.45, 7) is 1.06. The van der Waals surface area contributed by atoms with E-state index in [0.29, 0.717) is 18.0 Å². The van der Waals surface area contributed by atoms with Crippen LogP contribution in [0.2, 0.25) is 5.02 Å². The van der Waals surface area contributed by atoms with Crippen LogP contribution in [-0.2, 0) is 0 Å². The Morgan fingerprint density at radius 1 is 1.20 bits per heavy atom. The normalized spacial score (nSPS) is 11.0. The second-order valence-corrected chi connectivity index (χ2v) is 8.31. The lowest BCUT2D eigenvalue weighted by atomic mass is 10.1. The van der Waals surface area contributed by atoms with Crippen molar-refractivity contribution < 1.29 is 9.90 Å². The molecule has 0 aliphatic rings. The number of hydrogen-bond acceptors (Lipinski definition) is 5. The van der Waals surface area contributed by atoms with E-state index in [4.69, 9.17) is 11.6 Å². The van der Waals surface area contributed by atoms with Gasteiger partial charge in [0.2, 0.25) is 0 Å². The predicted octanol–water partition coefficient (Wildman–Crippen LogP) is 5.05. The summed E-state index contributed by atoms with van der Waals surface area (Å²) in [7, 11) is 0. The topological polar surface area (TPSA) is 61.4 Å². The van der Waals surface area contributed by atoms with Gasteiger partial charge in [0.15, 0.2) is 0 Å². The minimum atomic E-state index is -0.279. The molecular formula is C17H14BrClN2O2S2. The van der Waals surface area contributed by atoms with Crippen LogP contribution in [0.3, 0.4) is 0 Å². The van der Waals surface area contributed by atoms with E-state index >= 15 is 0 Å². The fourth-order valence-electron chi connectivity index (χ4n) is 2.19. The second kappa shape index (κ2) is 8.42. The van der Waals surface area contributed by atoms with Crippen LogP contribution in [0.25, 0.3) is 10.8 Å². The van der Waals surface area contributed by atoms with Crippen LogP contribution in [0.15, 0.2) is 51.1 Å². The third kappa shape index (κ3) is 4.68. The van der Waals surface area contributed by atoms with Crippen LogP contribution < -0.4 is 10.0 Å². The van der Waals surface area contributed by atoms with E-state index in [-0.39, 0.29) is 16.7 Å². The van der Waals surface area contributed by atoms with Crippen LogP contribution in [0.1, 0.15) is 9.67 Å². The number of hydrogen-bond donors (Lipinski definition) is 3. The summed E-state index contributed by atoms with van der Waals surface area (Å²) in [6, 6.07) is 12.4. The first-order valence-electron chi connectivity index (χ1n) is 7.38. The van der Waals surface area contributed by atoms with Gasteiger partial charge in [-0.15, -0.1) is 11.3 Å². The van der Waals surface area contributed by atoms with Gasteiger partial charge in [-0.05, 0) is 47.0 Å². The molecule has 8 heteroatoms. The summed E-state index contributed by atoms with van der Waals surface area (Å²) in [4.78, 5) is 13.4. The van der Waals surface area contributed by atoms with Crippen molar-refractivity contribution in [1.82, 2.24) is 10.0 Å². The third-order valence-corrected chi connectivity index (χ3v) is 6.19. The minimum absolute atomic E-state index is 0.0613. The Labute approximate surface area is 166 Å². The highest BCUT2D eigenvalue weighted by molar-refractivity contribution is 9.10. The van der Waals surface area contributed by atoms with Crippen molar-refractivity contribution in [3.63, 3.8) is 0 Å². The Bertz CT molecular complexity index is 917. The molecule has 4 nitrogen and oxygen atoms in total. The Kier molecular flexibility index (Phi) is 6.24. The molecule has 130 valence electrons. The monoisotopic (exact) mass is 456 g/mol. The Morgan fingerprint density at radius 2 is 1.96 bits per heavy atom. The number of aromatic hydroxyl groups is 1. The van der Waals surface area contributed by atoms with Crippen molar-refractivity contribution in [3.8, 4) is 5.75 Å². The number of halogens is 2. The summed E-state index contributed by atoms with van der Waals surface area (Å²) in [5.41, 5.74) is 0. The predicted molar refractivity (Wildman–Crippen MR) is 109 cm³/mol. The quantitative estimate of drug-likeness (QED) is 0.358. The SMILES string of the molecule is O=C(NCCNSc1ccc2cc(Br)ccc2c1)c1scc(O)c1Cl. The molecule has 0 saturated heterocycles. The van der Waals surface area contributed by atoms with E-state index in [1.54, 1.807) is 0 Å². The molecule has 0 unspecified atom stereocenters. The highest BCUT2D eigenvalue weighted by Gasteiger charge is 2.15. The van der Waals surface area contributed by atoms with Gasteiger partial charge in [-0.3, -0.25) is 9.52 Å². The number of carbonyl (C=O) groups is 1. The molecule has 0 atom stereocenters. The van der Waals surface area contributed by atoms with Crippen LogP contribution >= 0.6 is 50.8 Å². The van der Waals surface area contributed by atoms with Crippen LogP contribution in [0.4, 0.5) is 0 Å². The van der Waals surface area contributed by atoms with E-state index < -0.39 is 0 Å². The van der Waals surface area contributed by atoms with Crippen molar-refractivity contribution in [1.29, 1.82) is 0 Å². The van der Waals surface area contributed by atoms with Crippen molar-refractivity contribution >= 4 is 67.5 Å². The van der Waals surface area contributed by atoms with Gasteiger partial charge in [0.05, 0.1) is 0 Å². The third-order valence-electron chi connectivity index (χ3n) is 3.40. The molecule has 25 heavy (non-hydrogen) atoms. The van der Waals surface area contributed by atoms with Crippen molar-refractivity contribution in [3.05, 3.63) is 56.2 Å². The van der Waals surface area contributed by atoms with Gasteiger partial charge in [0.1, 0.15) is 15.6 Å². The van der Waals surface area contributed by atoms with Gasteiger partial charge in [0, 0.05) is 27.8 Å². The van der Waals surface area contributed by atoms with Gasteiger partial charge < -0.3 is 10.4 Å². The zero-order chi connectivity index (χ0) is 17.8. The van der Waals surface area contributed by atoms with Crippen molar-refractivity contribution in [2.75, 3.05) is 13.1 Å². The maximum Gasteiger partial charge on any atom is 0.263 e. The standard InChI is InChI=1S/C17H14BrClN2O2S2/c18-12-3-1-11-8-13(4-2-10(11)7-12)25-21-6-5-20-17(23)16-15(19)14(22)9-24-16/h1-4,7-9,21-22H,5-6H2,(H,20,23). The van der Waals surface area contributed by atoms with Gasteiger partial charge in [-0.25, -0.2) is 0 Å². The number of amides is 1. The minimum Gasteiger partial charge on any atom is -0.505 e. The number of carbonyl (C=O) groups excluding carboxylic acids is 1. The molecular weight excluding hydrogens is 444 g/mol. The number of rotatable bonds is 6. The molecule has 0 spiro atoms. The fraction of sp³-hybridized carbons (Fsp3) is 0.118. The maximum atomic E-state index is 12.0. The first-order chi connectivity index (χ1) is 12.0. The van der Waals surface area contributed by atoms with E-state index in [1.165, 1.54) is 28.1 Å². The van der Waals surface area contributed by atoms with Crippen LogP contribution in [-0.4, -0.2) is 24.1 Å². The van der Waals surface area contributed by atoms with Crippen molar-refractivity contribution in [2.45, 2.75) is 4.90 Å². The van der Waals surface area contributed by atoms with Gasteiger partial charge >= 0.3 is 0 Å². The Hall–Kier alpha value is -1.25. The number of fused-ring (bicyclic) bond motifs is 1. The summed E-state index contributed by atoms with van der Waals surface area (Å²) < 4.78 is 4.28. The first-order valence-corrected chi connectivity index (χ1v) is 10.2. The van der Waals surface area contributed by atoms with Crippen LogP contribution in [0.5, 0.6) is 5.75 Å². The van der Waals surface area contributed by atoms with Gasteiger partial charge in [0.25, 0.3) is 5.91 Å². The molecule has 0 saturated carbocycles. The smallest absolute Gasteiger partial charge is 0.263 e. The molecule has 0 aliphatic heterocycles. The lowest BCUT2D eigenvalue weighted by Crippen LogP contribution is -2.29. The number of nitrogens with one attached hydrogen (secondary N) is 2. The summed E-state index contributed by atoms with van der Waals surface area (Å²) >= 11 is 12.0. The number of benzene rings is 2. The molecule has 1 amide bonds. The second-order valence-electron chi connectivity index (χ2n) is 5.17. The van der Waals surface area contributed by atoms with E-state index in [2.05, 4.69) is 56.3 Å². The van der Waals surface area contributed by atoms with E-state index in [1.807, 2.05) is 6.07 Å². The molecule has 3 N–H and O–H groups in total. The average molecular weight is 458 g/mol. The molecule has 0 radical (unpaired) electrons. The lowest BCUT2D eigenvalue weighted by molar-refractivity contribution is 0.0958. The van der Waals surface area contributed by atoms with E-state index in [0.717, 1.165) is 20.7 Å². The van der Waals surface area contributed by atoms with E-state index in [9.17, 15) is 9.90 Å². The molecule has 1 aromatic heterocycles. The highest BCUT2D eigenvalue weighted by atomic mass is 79.9. The number of thiophene rings is 1. The fourth-order valence-corrected chi connectivity index (χ4v) is 4.33. The Morgan fingerprint density at radius 3 is 2.72 bits per heavy atom. The van der Waals surface area contributed by atoms with Crippen molar-refractivity contribution in [2.24, 2.45) is 0 Å². The average Bonchev–Trinajstić information content (AvgIpc) is 2.93. The maximum absolute atomic E-state index is 12.0. The van der Waals surface area contributed by atoms with Gasteiger partial charge in [-0.2, -0.15) is 0 Å². The molecule has 3 aromatic rings. The molecule has 0 fully saturated rings. The van der Waals surface area contributed by atoms with Crippen LogP contribution in [0, 0.1) is 0 Å². The zero-order valence-electron chi connectivity index (χ0n) is 12.9. The molecule has 2 aromatic carbocycles. The molecule has 0 aliphatic carbocycles. The first kappa shape index (κ1) is 18.5. The largest absolute Gasteiger partial charge is 0.505 e. The van der Waals surface area contributed by atoms with Gasteiger partial charge in [-0.1, -0.05) is 39.7 Å². The zero-order valence-corrected chi connectivity index (χ0v) is 16.9. The highest BCUT2D eigenvalue weighted by Crippen LogP contribution is 2.32. The molecule has 3 rings (SSSR count). The summed E-state index contributed by atoms with van der Waals surface area (Å²) in [6.07, 6.45) is 0. The molecule has 0 bridgehead atoms. The lowest BCUT2D eigenvalue weighted by Gasteiger charge is -2.07. The summed E-state index contributed by atoms with van der Waals surface area (Å²) in [5.74, 6) is -0.341. The molecule has 1 heterocycles. The summed E-state index contributed by atoms with van der Waals surface area (Å²) in [5, 5.41) is 16.1. The Balaban J connectivity index is 1.46.